The van der Waals surface area contributed by atoms with Crippen LogP contribution in [0, 0.1) is 18.3 Å². The SMILES string of the molecule is COc1ccc2c(O[C@@H]3C[C@H]4C(=O)C[C@]5(C(=O)NS(=O)(=O)C6(C)CC6)C[C@H]5/C=C\CCCCC[C@H](NC(=O)OC(C)(C)C)C(=O)N4C3)cc(OC3CC3)nc2c1C. The number of fused-ring (bicyclic) bond motifs is 3. The van der Waals surface area contributed by atoms with E-state index in [0.29, 0.717) is 66.8 Å². The molecule has 0 radical (unpaired) electrons. The number of allylic oxidation sites excluding steroid dienone is 2. The van der Waals surface area contributed by atoms with Gasteiger partial charge in [-0.3, -0.25) is 19.1 Å². The molecule has 0 spiro atoms. The Morgan fingerprint density at radius 2 is 1.75 bits per heavy atom. The number of hydrogen-bond acceptors (Lipinski definition) is 11. The molecule has 5 atom stereocenters. The van der Waals surface area contributed by atoms with Crippen molar-refractivity contribution < 1.29 is 46.5 Å². The molecule has 2 N–H and O–H groups in total. The zero-order valence-corrected chi connectivity index (χ0v) is 34.7. The van der Waals surface area contributed by atoms with E-state index in [9.17, 15) is 27.6 Å². The van der Waals surface area contributed by atoms with Crippen LogP contribution >= 0.6 is 0 Å². The Hall–Kier alpha value is -4.40. The van der Waals surface area contributed by atoms with Gasteiger partial charge < -0.3 is 29.2 Å². The highest BCUT2D eigenvalue weighted by molar-refractivity contribution is 7.91. The molecule has 1 aromatic heterocycles. The molecule has 7 rings (SSSR count). The highest BCUT2D eigenvalue weighted by Gasteiger charge is 2.62. The van der Waals surface area contributed by atoms with Gasteiger partial charge in [-0.15, -0.1) is 0 Å². The Balaban J connectivity index is 1.22. The zero-order chi connectivity index (χ0) is 40.9. The second kappa shape index (κ2) is 15.4. The molecule has 57 heavy (non-hydrogen) atoms. The minimum atomic E-state index is -3.96. The molecule has 14 nitrogen and oxygen atoms in total. The Morgan fingerprint density at radius 1 is 1.00 bits per heavy atom. The summed E-state index contributed by atoms with van der Waals surface area (Å²) in [6, 6.07) is 3.43. The molecular formula is C42H56N4O10S. The van der Waals surface area contributed by atoms with E-state index < -0.39 is 61.9 Å². The highest BCUT2D eigenvalue weighted by atomic mass is 32.2. The first-order chi connectivity index (χ1) is 26.9. The summed E-state index contributed by atoms with van der Waals surface area (Å²) >= 11 is 0. The molecule has 0 bridgehead atoms. The molecular weight excluding hydrogens is 753 g/mol. The van der Waals surface area contributed by atoms with Gasteiger partial charge in [0.1, 0.15) is 35.3 Å². The summed E-state index contributed by atoms with van der Waals surface area (Å²) < 4.78 is 51.7. The third-order valence-corrected chi connectivity index (χ3v) is 14.2. The van der Waals surface area contributed by atoms with E-state index in [1.54, 1.807) is 40.9 Å². The number of carbonyl (C=O) groups excluding carboxylic acids is 4. The fourth-order valence-electron chi connectivity index (χ4n) is 8.01. The van der Waals surface area contributed by atoms with Gasteiger partial charge in [0.2, 0.25) is 27.7 Å². The van der Waals surface area contributed by atoms with E-state index in [2.05, 4.69) is 10.0 Å². The first-order valence-corrected chi connectivity index (χ1v) is 21.8. The molecule has 3 aliphatic carbocycles. The molecule has 4 fully saturated rings. The van der Waals surface area contributed by atoms with Crippen LogP contribution in [0.3, 0.4) is 0 Å². The summed E-state index contributed by atoms with van der Waals surface area (Å²) in [5.41, 5.74) is -0.640. The van der Waals surface area contributed by atoms with Crippen LogP contribution < -0.4 is 24.2 Å². The predicted octanol–water partition coefficient (Wildman–Crippen LogP) is 5.82. The number of aryl methyl sites for hydroxylation is 1. The van der Waals surface area contributed by atoms with Crippen molar-refractivity contribution in [1.29, 1.82) is 0 Å². The van der Waals surface area contributed by atoms with E-state index >= 15 is 0 Å². The van der Waals surface area contributed by atoms with Crippen molar-refractivity contribution in [2.24, 2.45) is 11.3 Å². The minimum Gasteiger partial charge on any atom is -0.496 e. The summed E-state index contributed by atoms with van der Waals surface area (Å²) in [5, 5.41) is 3.49. The van der Waals surface area contributed by atoms with Crippen molar-refractivity contribution >= 4 is 44.6 Å². The van der Waals surface area contributed by atoms with Crippen molar-refractivity contribution in [2.75, 3.05) is 13.7 Å². The van der Waals surface area contributed by atoms with Crippen LogP contribution in [0.25, 0.3) is 10.9 Å². The summed E-state index contributed by atoms with van der Waals surface area (Å²) in [6.07, 6.45) is 8.77. The number of alkyl carbamates (subject to hydrolysis) is 1. The van der Waals surface area contributed by atoms with Gasteiger partial charge in [-0.25, -0.2) is 18.2 Å². The molecule has 0 unspecified atom stereocenters. The number of ether oxygens (including phenoxy) is 4. The van der Waals surface area contributed by atoms with Gasteiger partial charge in [0.15, 0.2) is 5.78 Å². The third kappa shape index (κ3) is 8.87. The molecule has 3 heterocycles. The van der Waals surface area contributed by atoms with Gasteiger partial charge >= 0.3 is 6.09 Å². The second-order valence-corrected chi connectivity index (χ2v) is 20.0. The molecule has 3 saturated carbocycles. The molecule has 5 aliphatic rings. The maximum absolute atomic E-state index is 14.7. The van der Waals surface area contributed by atoms with E-state index in [-0.39, 0.29) is 37.2 Å². The van der Waals surface area contributed by atoms with Crippen molar-refractivity contribution in [3.05, 3.63) is 35.9 Å². The van der Waals surface area contributed by atoms with E-state index in [0.717, 1.165) is 31.2 Å². The largest absolute Gasteiger partial charge is 0.496 e. The number of aromatic nitrogens is 1. The van der Waals surface area contributed by atoms with Gasteiger partial charge in [-0.1, -0.05) is 25.0 Å². The van der Waals surface area contributed by atoms with E-state index in [1.165, 1.54) is 4.90 Å². The standard InChI is InChI=1S/C42H56N4O10S/c1-25-33(53-6)17-16-29-34(21-35(44-36(25)29)55-27-14-15-27)54-28-20-31-32(47)23-42(38(49)45-57(51,52)41(5)18-19-41)22-26(42)12-10-8-7-9-11-13-30(37(48)46(31)24-28)43-39(50)56-40(2,3)4/h10,12,16-17,21,26-28,30-31H,7-9,11,13-15,18-20,22-24H2,1-6H3,(H,43,50)(H,45,49)/b12-10-/t26-,28-,30+,31+,42-/m1/s1. The van der Waals surface area contributed by atoms with Crippen LogP contribution in [0.1, 0.15) is 110 Å². The number of nitrogens with zero attached hydrogens (tertiary/aromatic N) is 2. The Kier molecular flexibility index (Phi) is 11.0. The number of nitrogens with one attached hydrogen (secondary N) is 2. The maximum Gasteiger partial charge on any atom is 0.408 e. The number of rotatable bonds is 9. The lowest BCUT2D eigenvalue weighted by atomic mass is 9.91. The lowest BCUT2D eigenvalue weighted by Gasteiger charge is -2.30. The first kappa shape index (κ1) is 40.8. The van der Waals surface area contributed by atoms with Gasteiger partial charge in [0.05, 0.1) is 35.4 Å². The molecule has 3 amide bonds. The molecule has 1 aromatic carbocycles. The zero-order valence-electron chi connectivity index (χ0n) is 33.9. The summed E-state index contributed by atoms with van der Waals surface area (Å²) in [7, 11) is -2.37. The highest BCUT2D eigenvalue weighted by Crippen LogP contribution is 2.57. The number of sulfonamides is 1. The number of ketones is 1. The fourth-order valence-corrected chi connectivity index (χ4v) is 9.34. The molecule has 310 valence electrons. The van der Waals surface area contributed by atoms with Crippen LogP contribution in [-0.4, -0.2) is 90.3 Å². The van der Waals surface area contributed by atoms with Gasteiger partial charge in [0.25, 0.3) is 0 Å². The summed E-state index contributed by atoms with van der Waals surface area (Å²) in [6.45, 7) is 8.76. The normalized spacial score (nSPS) is 28.2. The topological polar surface area (TPSA) is 180 Å². The lowest BCUT2D eigenvalue weighted by molar-refractivity contribution is -0.140. The molecule has 15 heteroatoms. The Labute approximate surface area is 334 Å². The van der Waals surface area contributed by atoms with Crippen LogP contribution in [0.4, 0.5) is 4.79 Å². The number of benzene rings is 1. The summed E-state index contributed by atoms with van der Waals surface area (Å²) in [4.78, 5) is 62.7. The lowest BCUT2D eigenvalue weighted by Crippen LogP contribution is -2.53. The number of amides is 3. The Morgan fingerprint density at radius 3 is 2.44 bits per heavy atom. The number of pyridine rings is 1. The fraction of sp³-hybridized carbons (Fsp3) is 0.643. The van der Waals surface area contributed by atoms with Crippen LogP contribution in [0.15, 0.2) is 30.4 Å². The molecule has 2 aliphatic heterocycles. The number of hydrogen-bond donors (Lipinski definition) is 2. The van der Waals surface area contributed by atoms with Crippen LogP contribution in [-0.2, 0) is 29.1 Å². The monoisotopic (exact) mass is 808 g/mol. The van der Waals surface area contributed by atoms with E-state index in [1.807, 2.05) is 31.2 Å². The van der Waals surface area contributed by atoms with Gasteiger partial charge in [0, 0.05) is 29.9 Å². The number of methoxy groups -OCH3 is 1. The molecule has 1 saturated heterocycles. The van der Waals surface area contributed by atoms with Crippen molar-refractivity contribution in [1.82, 2.24) is 19.9 Å². The minimum absolute atomic E-state index is 0.0226. The Bertz CT molecular complexity index is 2070. The summed E-state index contributed by atoms with van der Waals surface area (Å²) in [5.74, 6) is -0.324. The van der Waals surface area contributed by atoms with Crippen LogP contribution in [0.2, 0.25) is 0 Å². The van der Waals surface area contributed by atoms with Gasteiger partial charge in [-0.2, -0.15) is 0 Å². The van der Waals surface area contributed by atoms with Crippen molar-refractivity contribution in [3.63, 3.8) is 0 Å². The second-order valence-electron chi connectivity index (χ2n) is 17.8. The van der Waals surface area contributed by atoms with Crippen LogP contribution in [0.5, 0.6) is 17.4 Å². The maximum atomic E-state index is 14.7. The number of Topliss-reactive ketones (excluding diaryl/α,β-unsaturated/α-hetero) is 1. The smallest absolute Gasteiger partial charge is 0.408 e. The van der Waals surface area contributed by atoms with Crippen molar-refractivity contribution in [3.8, 4) is 17.4 Å². The average Bonchev–Trinajstić information content (AvgIpc) is 4.09. The average molecular weight is 809 g/mol. The predicted molar refractivity (Wildman–Crippen MR) is 211 cm³/mol. The van der Waals surface area contributed by atoms with Crippen molar-refractivity contribution in [2.45, 2.75) is 146 Å². The third-order valence-electron chi connectivity index (χ3n) is 12.0. The first-order valence-electron chi connectivity index (χ1n) is 20.3. The number of carbonyl (C=O) groups is 4. The van der Waals surface area contributed by atoms with E-state index in [4.69, 9.17) is 23.9 Å². The molecule has 2 aromatic rings. The van der Waals surface area contributed by atoms with Gasteiger partial charge in [-0.05, 0) is 104 Å². The quantitative estimate of drug-likeness (QED) is 0.292.